The van der Waals surface area contributed by atoms with E-state index in [0.29, 0.717) is 18.8 Å². The minimum Gasteiger partial charge on any atom is -0.369 e. The minimum atomic E-state index is -0.794. The molecule has 0 unspecified atom stereocenters. The Hall–Kier alpha value is -3.39. The van der Waals surface area contributed by atoms with Gasteiger partial charge in [0.15, 0.2) is 0 Å². The number of nitrogens with zero attached hydrogens (tertiary/aromatic N) is 3. The zero-order valence-corrected chi connectivity index (χ0v) is 19.9. The molecule has 8 nitrogen and oxygen atoms in total. The second kappa shape index (κ2) is 10.7. The molecule has 2 aromatic carbocycles. The Kier molecular flexibility index (Phi) is 7.47. The van der Waals surface area contributed by atoms with Crippen molar-refractivity contribution in [3.63, 3.8) is 0 Å². The van der Waals surface area contributed by atoms with Gasteiger partial charge in [0.2, 0.25) is 17.7 Å². The predicted molar refractivity (Wildman–Crippen MR) is 133 cm³/mol. The number of rotatable bonds is 6. The Balaban J connectivity index is 1.33. The molecule has 180 valence electrons. The maximum Gasteiger partial charge on any atom is 0.243 e. The summed E-state index contributed by atoms with van der Waals surface area (Å²) in [5.41, 5.74) is 3.99. The highest BCUT2D eigenvalue weighted by Gasteiger charge is 2.35. The molecule has 4 rings (SSSR count). The fraction of sp³-hybridized carbons (Fsp3) is 0.423. The van der Waals surface area contributed by atoms with Gasteiger partial charge in [-0.1, -0.05) is 24.3 Å². The van der Waals surface area contributed by atoms with Crippen LogP contribution in [0.3, 0.4) is 0 Å². The van der Waals surface area contributed by atoms with E-state index in [-0.39, 0.29) is 30.7 Å². The number of anilines is 2. The topological polar surface area (TPSA) is 85.0 Å². The number of carbonyl (C=O) groups is 3. The maximum absolute atomic E-state index is 13.2. The summed E-state index contributed by atoms with van der Waals surface area (Å²) in [6.07, 6.45) is -0.0631. The third-order valence-corrected chi connectivity index (χ3v) is 6.39. The third kappa shape index (κ3) is 5.94. The zero-order chi connectivity index (χ0) is 24.1. The standard InChI is InChI=1S/C26H33N5O3/c1-19-14-20(2)16-21(15-19)28-24(32)17-23-26(34)27-8-9-31(23)25(33)18-29-10-12-30(13-11-29)22-6-4-3-5-7-22/h3-7,14-16,23H,8-13,17-18H2,1-2H3,(H,27,34)(H,28,32)/t23-/m0/s1. The van der Waals surface area contributed by atoms with E-state index in [1.54, 1.807) is 4.90 Å². The Morgan fingerprint density at radius 3 is 2.32 bits per heavy atom. The Labute approximate surface area is 200 Å². The first-order valence-corrected chi connectivity index (χ1v) is 11.9. The second-order valence-corrected chi connectivity index (χ2v) is 9.12. The van der Waals surface area contributed by atoms with E-state index in [4.69, 9.17) is 0 Å². The van der Waals surface area contributed by atoms with Crippen molar-refractivity contribution in [1.29, 1.82) is 0 Å². The van der Waals surface area contributed by atoms with Crippen molar-refractivity contribution in [3.05, 3.63) is 59.7 Å². The van der Waals surface area contributed by atoms with Crippen LogP contribution in [0.15, 0.2) is 48.5 Å². The van der Waals surface area contributed by atoms with Crippen LogP contribution in [-0.4, -0.2) is 79.4 Å². The first-order valence-electron chi connectivity index (χ1n) is 11.9. The summed E-state index contributed by atoms with van der Waals surface area (Å²) in [6.45, 7) is 8.26. The molecule has 1 atom stereocenters. The van der Waals surface area contributed by atoms with Crippen LogP contribution in [-0.2, 0) is 14.4 Å². The van der Waals surface area contributed by atoms with Crippen LogP contribution in [0.2, 0.25) is 0 Å². The lowest BCUT2D eigenvalue weighted by Crippen LogP contribution is -2.60. The number of carbonyl (C=O) groups excluding carboxylic acids is 3. The van der Waals surface area contributed by atoms with Crippen molar-refractivity contribution in [3.8, 4) is 0 Å². The van der Waals surface area contributed by atoms with Crippen molar-refractivity contribution in [2.45, 2.75) is 26.3 Å². The Morgan fingerprint density at radius 1 is 0.971 bits per heavy atom. The second-order valence-electron chi connectivity index (χ2n) is 9.12. The summed E-state index contributed by atoms with van der Waals surface area (Å²) in [7, 11) is 0. The normalized spacial score (nSPS) is 19.0. The van der Waals surface area contributed by atoms with Gasteiger partial charge in [-0.2, -0.15) is 0 Å². The summed E-state index contributed by atoms with van der Waals surface area (Å²) in [6, 6.07) is 15.3. The molecule has 0 aliphatic carbocycles. The molecule has 8 heteroatoms. The molecule has 2 aliphatic heterocycles. The molecular formula is C26H33N5O3. The van der Waals surface area contributed by atoms with Gasteiger partial charge in [-0.3, -0.25) is 19.3 Å². The number of hydrogen-bond acceptors (Lipinski definition) is 5. The molecule has 0 radical (unpaired) electrons. The highest BCUT2D eigenvalue weighted by atomic mass is 16.2. The largest absolute Gasteiger partial charge is 0.369 e. The van der Waals surface area contributed by atoms with Crippen LogP contribution < -0.4 is 15.5 Å². The van der Waals surface area contributed by atoms with Gasteiger partial charge in [-0.15, -0.1) is 0 Å². The van der Waals surface area contributed by atoms with E-state index >= 15 is 0 Å². The Bertz CT molecular complexity index is 1010. The van der Waals surface area contributed by atoms with Gasteiger partial charge in [0.1, 0.15) is 6.04 Å². The quantitative estimate of drug-likeness (QED) is 0.682. The van der Waals surface area contributed by atoms with Gasteiger partial charge in [0.25, 0.3) is 0 Å². The van der Waals surface area contributed by atoms with Crippen LogP contribution in [0.1, 0.15) is 17.5 Å². The van der Waals surface area contributed by atoms with Crippen LogP contribution in [0.25, 0.3) is 0 Å². The molecule has 2 fully saturated rings. The van der Waals surface area contributed by atoms with Gasteiger partial charge in [-0.25, -0.2) is 0 Å². The van der Waals surface area contributed by atoms with Crippen LogP contribution in [0, 0.1) is 13.8 Å². The summed E-state index contributed by atoms with van der Waals surface area (Å²) in [5.74, 6) is -0.655. The van der Waals surface area contributed by atoms with E-state index in [0.717, 1.165) is 37.3 Å². The SMILES string of the molecule is Cc1cc(C)cc(NC(=O)C[C@H]2C(=O)NCCN2C(=O)CN2CCN(c3ccccc3)CC2)c1. The summed E-state index contributed by atoms with van der Waals surface area (Å²) >= 11 is 0. The molecule has 0 spiro atoms. The summed E-state index contributed by atoms with van der Waals surface area (Å²) in [4.78, 5) is 44.5. The van der Waals surface area contributed by atoms with Crippen molar-refractivity contribution in [1.82, 2.24) is 15.1 Å². The van der Waals surface area contributed by atoms with Gasteiger partial charge in [0, 0.05) is 50.6 Å². The lowest BCUT2D eigenvalue weighted by atomic mass is 10.1. The third-order valence-electron chi connectivity index (χ3n) is 6.39. The molecule has 2 N–H and O–H groups in total. The number of para-hydroxylation sites is 1. The van der Waals surface area contributed by atoms with E-state index in [2.05, 4.69) is 32.6 Å². The van der Waals surface area contributed by atoms with Crippen LogP contribution in [0.5, 0.6) is 0 Å². The number of aryl methyl sites for hydroxylation is 2. The molecule has 3 amide bonds. The average Bonchev–Trinajstić information content (AvgIpc) is 2.80. The molecule has 34 heavy (non-hydrogen) atoms. The monoisotopic (exact) mass is 463 g/mol. The molecule has 2 aromatic rings. The highest BCUT2D eigenvalue weighted by molar-refractivity contribution is 5.97. The minimum absolute atomic E-state index is 0.0631. The zero-order valence-electron chi connectivity index (χ0n) is 19.9. The van der Waals surface area contributed by atoms with Gasteiger partial charge in [-0.05, 0) is 49.2 Å². The van der Waals surface area contributed by atoms with E-state index in [1.807, 2.05) is 50.2 Å². The molecule has 2 saturated heterocycles. The van der Waals surface area contributed by atoms with Crippen LogP contribution in [0.4, 0.5) is 11.4 Å². The Morgan fingerprint density at radius 2 is 1.65 bits per heavy atom. The lowest BCUT2D eigenvalue weighted by molar-refractivity contribution is -0.145. The highest BCUT2D eigenvalue weighted by Crippen LogP contribution is 2.18. The van der Waals surface area contributed by atoms with E-state index in [1.165, 1.54) is 5.69 Å². The first-order chi connectivity index (χ1) is 16.4. The number of hydrogen-bond donors (Lipinski definition) is 2. The maximum atomic E-state index is 13.2. The first kappa shape index (κ1) is 23.8. The number of piperazine rings is 2. The van der Waals surface area contributed by atoms with Crippen molar-refractivity contribution in [2.24, 2.45) is 0 Å². The van der Waals surface area contributed by atoms with Gasteiger partial charge < -0.3 is 20.4 Å². The summed E-state index contributed by atoms with van der Waals surface area (Å²) in [5, 5.41) is 5.68. The fourth-order valence-corrected chi connectivity index (χ4v) is 4.74. The predicted octanol–water partition coefficient (Wildman–Crippen LogP) is 1.78. The smallest absolute Gasteiger partial charge is 0.243 e. The van der Waals surface area contributed by atoms with Gasteiger partial charge in [0.05, 0.1) is 13.0 Å². The van der Waals surface area contributed by atoms with E-state index < -0.39 is 6.04 Å². The molecule has 0 aromatic heterocycles. The fourth-order valence-electron chi connectivity index (χ4n) is 4.74. The molecule has 2 heterocycles. The molecule has 0 saturated carbocycles. The number of benzene rings is 2. The van der Waals surface area contributed by atoms with Crippen molar-refractivity contribution < 1.29 is 14.4 Å². The average molecular weight is 464 g/mol. The van der Waals surface area contributed by atoms with E-state index in [9.17, 15) is 14.4 Å². The number of nitrogens with one attached hydrogen (secondary N) is 2. The lowest BCUT2D eigenvalue weighted by Gasteiger charge is -2.39. The van der Waals surface area contributed by atoms with Crippen molar-refractivity contribution in [2.75, 3.05) is 56.0 Å². The van der Waals surface area contributed by atoms with Crippen molar-refractivity contribution >= 4 is 29.1 Å². The molecule has 0 bridgehead atoms. The van der Waals surface area contributed by atoms with Crippen LogP contribution >= 0.6 is 0 Å². The molecule has 2 aliphatic rings. The number of amides is 3. The van der Waals surface area contributed by atoms with Gasteiger partial charge >= 0.3 is 0 Å². The molecular weight excluding hydrogens is 430 g/mol. The summed E-state index contributed by atoms with van der Waals surface area (Å²) < 4.78 is 0.